The highest BCUT2D eigenvalue weighted by atomic mass is 16.5. The molecule has 29 heavy (non-hydrogen) atoms. The molecule has 5 rings (SSSR count). The number of ketones is 1. The van der Waals surface area contributed by atoms with E-state index in [9.17, 15) is 4.79 Å². The molecule has 0 saturated carbocycles. The van der Waals surface area contributed by atoms with E-state index in [1.165, 1.54) is 0 Å². The highest BCUT2D eigenvalue weighted by molar-refractivity contribution is 6.02. The van der Waals surface area contributed by atoms with Gasteiger partial charge in [-0.2, -0.15) is 0 Å². The maximum absolute atomic E-state index is 13.8. The van der Waals surface area contributed by atoms with Gasteiger partial charge in [0.25, 0.3) is 0 Å². The van der Waals surface area contributed by atoms with Crippen molar-refractivity contribution in [2.45, 2.75) is 11.8 Å². The second-order valence-electron chi connectivity index (χ2n) is 7.27. The predicted molar refractivity (Wildman–Crippen MR) is 115 cm³/mol. The highest BCUT2D eigenvalue weighted by Gasteiger charge is 2.38. The zero-order valence-corrected chi connectivity index (χ0v) is 15.9. The van der Waals surface area contributed by atoms with E-state index in [-0.39, 0.29) is 17.6 Å². The van der Waals surface area contributed by atoms with Crippen molar-refractivity contribution in [3.05, 3.63) is 131 Å². The molecule has 1 aliphatic rings. The number of hydrogen-bond donors (Lipinski definition) is 0. The van der Waals surface area contributed by atoms with Crippen LogP contribution in [0.2, 0.25) is 0 Å². The van der Waals surface area contributed by atoms with E-state index in [1.807, 2.05) is 97.1 Å². The van der Waals surface area contributed by atoms with Crippen LogP contribution >= 0.6 is 0 Å². The molecule has 140 valence electrons. The van der Waals surface area contributed by atoms with Crippen LogP contribution in [0.4, 0.5) is 0 Å². The Morgan fingerprint density at radius 3 is 1.69 bits per heavy atom. The van der Waals surface area contributed by atoms with Crippen molar-refractivity contribution in [1.82, 2.24) is 0 Å². The number of fused-ring (bicyclic) bond motifs is 2. The van der Waals surface area contributed by atoms with Crippen LogP contribution in [0.1, 0.15) is 38.9 Å². The summed E-state index contributed by atoms with van der Waals surface area (Å²) in [6.45, 7) is 0. The van der Waals surface area contributed by atoms with E-state index >= 15 is 0 Å². The zero-order chi connectivity index (χ0) is 19.6. The lowest BCUT2D eigenvalue weighted by Gasteiger charge is -2.33. The minimum absolute atomic E-state index is 0.119. The highest BCUT2D eigenvalue weighted by Crippen LogP contribution is 2.50. The number of benzene rings is 4. The fourth-order valence-corrected chi connectivity index (χ4v) is 4.24. The van der Waals surface area contributed by atoms with Crippen LogP contribution in [0.3, 0.4) is 0 Å². The van der Waals surface area contributed by atoms with E-state index < -0.39 is 0 Å². The Morgan fingerprint density at radius 2 is 1.10 bits per heavy atom. The number of carbonyl (C=O) groups is 1. The van der Waals surface area contributed by atoms with Crippen LogP contribution in [0.15, 0.2) is 109 Å². The maximum atomic E-state index is 13.8. The molecule has 1 heterocycles. The molecule has 4 aromatic rings. The van der Waals surface area contributed by atoms with Gasteiger partial charge in [-0.3, -0.25) is 4.79 Å². The maximum Gasteiger partial charge on any atom is 0.171 e. The summed E-state index contributed by atoms with van der Waals surface area (Å²) >= 11 is 0. The van der Waals surface area contributed by atoms with Crippen LogP contribution in [0.25, 0.3) is 0 Å². The first-order chi connectivity index (χ1) is 14.3. The number of hydrogen-bond acceptors (Lipinski definition) is 2. The second kappa shape index (κ2) is 7.40. The Balaban J connectivity index is 1.74. The fourth-order valence-electron chi connectivity index (χ4n) is 4.24. The van der Waals surface area contributed by atoms with Crippen LogP contribution in [-0.2, 0) is 0 Å². The molecule has 0 aromatic heterocycles. The largest absolute Gasteiger partial charge is 0.457 e. The lowest BCUT2D eigenvalue weighted by molar-refractivity contribution is 0.0950. The summed E-state index contributed by atoms with van der Waals surface area (Å²) < 4.78 is 6.17. The molecule has 0 aliphatic carbocycles. The third-order valence-corrected chi connectivity index (χ3v) is 5.56. The average Bonchev–Trinajstić information content (AvgIpc) is 2.80. The molecule has 0 N–H and O–H groups in total. The monoisotopic (exact) mass is 376 g/mol. The minimum Gasteiger partial charge on any atom is -0.457 e. The summed E-state index contributed by atoms with van der Waals surface area (Å²) in [7, 11) is 0. The molecule has 2 heteroatoms. The van der Waals surface area contributed by atoms with Crippen molar-refractivity contribution in [3.8, 4) is 11.5 Å². The zero-order valence-electron chi connectivity index (χ0n) is 15.9. The van der Waals surface area contributed by atoms with Crippen molar-refractivity contribution >= 4 is 5.78 Å². The smallest absolute Gasteiger partial charge is 0.171 e. The molecule has 0 radical (unpaired) electrons. The third kappa shape index (κ3) is 3.13. The Labute approximate surface area is 170 Å². The standard InChI is InChI=1S/C27H20O2/c28-27(20-13-5-2-6-14-20)25(19-11-3-1-4-12-19)26-21-15-7-9-17-23(21)29-24-18-10-8-16-22(24)26/h1-18,25-26H. The summed E-state index contributed by atoms with van der Waals surface area (Å²) in [6, 6.07) is 35.7. The second-order valence-corrected chi connectivity index (χ2v) is 7.27. The van der Waals surface area contributed by atoms with E-state index in [4.69, 9.17) is 4.74 Å². The molecule has 2 nitrogen and oxygen atoms in total. The molecule has 1 aliphatic heterocycles. The van der Waals surface area contributed by atoms with Crippen LogP contribution in [-0.4, -0.2) is 5.78 Å². The van der Waals surface area contributed by atoms with Gasteiger partial charge in [0.2, 0.25) is 0 Å². The summed E-state index contributed by atoms with van der Waals surface area (Å²) in [4.78, 5) is 13.8. The van der Waals surface area contributed by atoms with Gasteiger partial charge in [0.15, 0.2) is 5.78 Å². The van der Waals surface area contributed by atoms with Crippen molar-refractivity contribution in [3.63, 3.8) is 0 Å². The molecule has 0 spiro atoms. The molecular weight excluding hydrogens is 356 g/mol. The van der Waals surface area contributed by atoms with E-state index in [0.29, 0.717) is 0 Å². The van der Waals surface area contributed by atoms with Gasteiger partial charge in [0.05, 0.1) is 5.92 Å². The number of para-hydroxylation sites is 2. The first kappa shape index (κ1) is 17.4. The van der Waals surface area contributed by atoms with E-state index in [1.54, 1.807) is 0 Å². The normalized spacial score (nSPS) is 13.7. The Bertz CT molecular complexity index is 1100. The van der Waals surface area contributed by atoms with Gasteiger partial charge >= 0.3 is 0 Å². The minimum atomic E-state index is -0.343. The van der Waals surface area contributed by atoms with Crippen molar-refractivity contribution < 1.29 is 9.53 Å². The van der Waals surface area contributed by atoms with Crippen LogP contribution < -0.4 is 4.74 Å². The quantitative estimate of drug-likeness (QED) is 0.376. The SMILES string of the molecule is O=C(c1ccccc1)C(c1ccccc1)C1c2ccccc2Oc2ccccc21. The Kier molecular flexibility index (Phi) is 4.45. The van der Waals surface area contributed by atoms with E-state index in [0.717, 1.165) is 33.8 Å². The molecular formula is C27H20O2. The summed E-state index contributed by atoms with van der Waals surface area (Å²) in [5, 5.41) is 0. The molecule has 0 fully saturated rings. The van der Waals surface area contributed by atoms with Gasteiger partial charge < -0.3 is 4.74 Å². The first-order valence-corrected chi connectivity index (χ1v) is 9.83. The number of carbonyl (C=O) groups excluding carboxylic acids is 1. The number of Topliss-reactive ketones (excluding diaryl/α,β-unsaturated/α-hetero) is 1. The van der Waals surface area contributed by atoms with E-state index in [2.05, 4.69) is 12.1 Å². The summed E-state index contributed by atoms with van der Waals surface area (Å²) in [6.07, 6.45) is 0. The lowest BCUT2D eigenvalue weighted by atomic mass is 9.72. The number of ether oxygens (including phenoxy) is 1. The van der Waals surface area contributed by atoms with Gasteiger partial charge in [0.1, 0.15) is 11.5 Å². The third-order valence-electron chi connectivity index (χ3n) is 5.56. The van der Waals surface area contributed by atoms with Crippen LogP contribution in [0, 0.1) is 0 Å². The first-order valence-electron chi connectivity index (χ1n) is 9.83. The van der Waals surface area contributed by atoms with Crippen molar-refractivity contribution in [2.24, 2.45) is 0 Å². The van der Waals surface area contributed by atoms with Crippen LogP contribution in [0.5, 0.6) is 11.5 Å². The van der Waals surface area contributed by atoms with Gasteiger partial charge in [-0.15, -0.1) is 0 Å². The van der Waals surface area contributed by atoms with Crippen molar-refractivity contribution in [1.29, 1.82) is 0 Å². The Morgan fingerprint density at radius 1 is 0.621 bits per heavy atom. The Hall–Kier alpha value is -3.65. The molecule has 0 bridgehead atoms. The molecule has 1 atom stereocenters. The van der Waals surface area contributed by atoms with Gasteiger partial charge in [-0.25, -0.2) is 0 Å². The molecule has 1 unspecified atom stereocenters. The fraction of sp³-hybridized carbons (Fsp3) is 0.0741. The summed E-state index contributed by atoms with van der Waals surface area (Å²) in [5.74, 6) is 1.29. The summed E-state index contributed by atoms with van der Waals surface area (Å²) in [5.41, 5.74) is 3.83. The number of rotatable bonds is 4. The topological polar surface area (TPSA) is 26.3 Å². The van der Waals surface area contributed by atoms with Gasteiger partial charge in [0, 0.05) is 22.6 Å². The van der Waals surface area contributed by atoms with Gasteiger partial charge in [-0.1, -0.05) is 97.1 Å². The lowest BCUT2D eigenvalue weighted by Crippen LogP contribution is -2.24. The molecule has 0 saturated heterocycles. The predicted octanol–water partition coefficient (Wildman–Crippen LogP) is 6.59. The molecule has 4 aromatic carbocycles. The molecule has 0 amide bonds. The van der Waals surface area contributed by atoms with Crippen molar-refractivity contribution in [2.75, 3.05) is 0 Å². The average molecular weight is 376 g/mol. The van der Waals surface area contributed by atoms with Gasteiger partial charge in [-0.05, 0) is 17.7 Å².